The number of hydrogen-bond acceptors (Lipinski definition) is 11. The molecule has 1 unspecified atom stereocenters. The molecule has 1 amide bonds. The number of allylic oxidation sites excluding steroid dienone is 1. The highest BCUT2D eigenvalue weighted by Crippen LogP contribution is 2.62. The Kier molecular flexibility index (Phi) is 16.2. The minimum absolute atomic E-state index is 0.0135. The molecule has 65 heavy (non-hydrogen) atoms. The molecule has 2 aliphatic carbocycles. The van der Waals surface area contributed by atoms with Gasteiger partial charge < -0.3 is 39.3 Å². The van der Waals surface area contributed by atoms with Crippen LogP contribution in [0.15, 0.2) is 95.0 Å². The summed E-state index contributed by atoms with van der Waals surface area (Å²) in [5.41, 5.74) is 5.14. The number of carbonyl (C=O) groups excluding carboxylic acids is 1. The molecule has 0 radical (unpaired) electrons. The molecule has 2 fully saturated rings. The number of aliphatic hydroxyl groups is 2. The smallest absolute Gasteiger partial charge is 0.243 e. The first-order chi connectivity index (χ1) is 31.4. The fraction of sp³-hybridized carbons (Fsp3) is 0.529. The Balaban J connectivity index is 1.46. The van der Waals surface area contributed by atoms with Crippen LogP contribution in [0, 0.1) is 31.6 Å². The number of nitrogens with zero attached hydrogens (tertiary/aromatic N) is 2. The second kappa shape index (κ2) is 21.8. The normalized spacial score (nSPS) is 25.5. The number of oxime groups is 1. The summed E-state index contributed by atoms with van der Waals surface area (Å²) in [5.74, 6) is -0.826. The summed E-state index contributed by atoms with van der Waals surface area (Å²) < 4.78 is 59.1. The number of sulfonamides is 1. The summed E-state index contributed by atoms with van der Waals surface area (Å²) in [6, 6.07) is 17.1. The van der Waals surface area contributed by atoms with Crippen molar-refractivity contribution in [1.29, 1.82) is 0 Å². The predicted molar refractivity (Wildman–Crippen MR) is 251 cm³/mol. The minimum Gasteiger partial charge on any atom is -0.460 e. The number of rotatable bonds is 21. The molecule has 0 aromatic heterocycles. The van der Waals surface area contributed by atoms with Crippen molar-refractivity contribution in [3.8, 4) is 17.2 Å². The van der Waals surface area contributed by atoms with Crippen molar-refractivity contribution in [1.82, 2.24) is 4.31 Å². The second-order valence-corrected chi connectivity index (χ2v) is 19.7. The maximum absolute atomic E-state index is 15.3. The summed E-state index contributed by atoms with van der Waals surface area (Å²) in [5, 5.41) is 27.6. The highest BCUT2D eigenvalue weighted by atomic mass is 32.2. The van der Waals surface area contributed by atoms with Gasteiger partial charge in [-0.25, -0.2) is 8.42 Å². The van der Waals surface area contributed by atoms with Crippen LogP contribution in [-0.2, 0) is 29.1 Å². The quantitative estimate of drug-likeness (QED) is 0.0533. The number of aryl methyl sites for hydroxylation is 2. The van der Waals surface area contributed by atoms with Crippen molar-refractivity contribution >= 4 is 27.3 Å². The van der Waals surface area contributed by atoms with E-state index in [9.17, 15) is 15.0 Å². The molecule has 0 bridgehead atoms. The number of unbranched alkanes of at least 4 members (excludes halogenated alkanes) is 2. The van der Waals surface area contributed by atoms with E-state index >= 15 is 8.42 Å². The molecule has 7 atom stereocenters. The Morgan fingerprint density at radius 3 is 2.40 bits per heavy atom. The summed E-state index contributed by atoms with van der Waals surface area (Å²) in [4.78, 5) is 18.2. The highest BCUT2D eigenvalue weighted by Gasteiger charge is 2.66. The Hall–Kier alpha value is -4.57. The molecular weight excluding hydrogens is 847 g/mol. The van der Waals surface area contributed by atoms with E-state index in [0.717, 1.165) is 60.8 Å². The third-order valence-corrected chi connectivity index (χ3v) is 15.3. The van der Waals surface area contributed by atoms with Gasteiger partial charge in [-0.05, 0) is 142 Å². The van der Waals surface area contributed by atoms with Gasteiger partial charge in [-0.3, -0.25) is 4.79 Å². The molecule has 1 saturated carbocycles. The van der Waals surface area contributed by atoms with E-state index in [1.165, 1.54) is 23.4 Å². The SMILES string of the molecule is C=CCO[C@@]12Oc3ccc(Oc4ccc(C)c(C)c4)cc3[C@H]3[C@H](CCCCO)[C@@H](CCCCO)C=C(C(=NOC4CCCCO4)C[C@@H]1N(CCC)S(=O)(=O)c1ccc(NC(C)=O)cc1)[C@H]32. The average molecular weight is 914 g/mol. The number of ether oxygens (including phenoxy) is 4. The van der Waals surface area contributed by atoms with Crippen LogP contribution in [0.2, 0.25) is 0 Å². The summed E-state index contributed by atoms with van der Waals surface area (Å²) in [6.07, 6.45) is 10.9. The lowest BCUT2D eigenvalue weighted by Crippen LogP contribution is -2.70. The van der Waals surface area contributed by atoms with E-state index in [1.54, 1.807) is 18.2 Å². The molecule has 0 spiro atoms. The van der Waals surface area contributed by atoms with Crippen LogP contribution < -0.4 is 14.8 Å². The number of anilines is 1. The first kappa shape index (κ1) is 48.4. The fourth-order valence-electron chi connectivity index (χ4n) is 10.2. The van der Waals surface area contributed by atoms with Crippen LogP contribution in [0.4, 0.5) is 5.69 Å². The Labute approximate surface area is 384 Å². The van der Waals surface area contributed by atoms with Gasteiger partial charge in [0.2, 0.25) is 28.0 Å². The van der Waals surface area contributed by atoms with E-state index in [4.69, 9.17) is 28.9 Å². The van der Waals surface area contributed by atoms with Crippen LogP contribution >= 0.6 is 0 Å². The number of amides is 1. The highest BCUT2D eigenvalue weighted by molar-refractivity contribution is 7.89. The lowest BCUT2D eigenvalue weighted by molar-refractivity contribution is -0.251. The summed E-state index contributed by atoms with van der Waals surface area (Å²) in [7, 11) is -4.26. The number of fused-ring (bicyclic) bond motifs is 2. The number of carbonyl (C=O) groups is 1. The molecule has 7 rings (SSSR count). The van der Waals surface area contributed by atoms with Crippen LogP contribution in [0.1, 0.15) is 107 Å². The van der Waals surface area contributed by atoms with Gasteiger partial charge >= 0.3 is 0 Å². The van der Waals surface area contributed by atoms with Gasteiger partial charge in [-0.15, -0.1) is 6.58 Å². The minimum atomic E-state index is -4.26. The van der Waals surface area contributed by atoms with Crippen molar-refractivity contribution in [2.24, 2.45) is 22.9 Å². The zero-order valence-electron chi connectivity index (χ0n) is 38.4. The molecule has 3 aromatic carbocycles. The summed E-state index contributed by atoms with van der Waals surface area (Å²) in [6.45, 7) is 12.4. The number of nitrogens with one attached hydrogen (secondary N) is 1. The topological polar surface area (TPSA) is 165 Å². The van der Waals surface area contributed by atoms with Crippen LogP contribution in [-0.4, -0.2) is 85.6 Å². The van der Waals surface area contributed by atoms with Gasteiger partial charge in [0, 0.05) is 56.7 Å². The number of benzene rings is 3. The van der Waals surface area contributed by atoms with E-state index < -0.39 is 34.1 Å². The number of hydrogen-bond donors (Lipinski definition) is 3. The van der Waals surface area contributed by atoms with Crippen molar-refractivity contribution < 1.29 is 47.2 Å². The van der Waals surface area contributed by atoms with Crippen molar-refractivity contribution in [3.63, 3.8) is 0 Å². The van der Waals surface area contributed by atoms with E-state index in [2.05, 4.69) is 37.9 Å². The van der Waals surface area contributed by atoms with Crippen molar-refractivity contribution in [2.45, 2.75) is 127 Å². The molecule has 2 aliphatic heterocycles. The molecule has 4 aliphatic rings. The molecule has 3 aromatic rings. The zero-order chi connectivity index (χ0) is 46.1. The monoisotopic (exact) mass is 913 g/mol. The standard InChI is InChI=1S/C51H67N3O10S/c1-6-25-54(65(58,59)41-22-18-38(19-23-41)52-36(5)57)47-33-45(53-64-48-16-10-13-29-60-48)43-31-37(14-8-11-26-55)42(15-9-12-27-56)49-44-32-40(62-39-20-17-34(3)35(4)30-39)21-24-46(44)63-51(47,50(43)49)61-28-7-2/h7,17-24,30-32,37,42,47-50,55-56H,2,6,8-16,25-29,33H2,1,3-5H3,(H,52,57)/t37-,42+,47-,48?,49+,50+,51+/m0/s1. The Bertz CT molecular complexity index is 2290. The molecule has 2 heterocycles. The molecular formula is C51H67N3O10S. The maximum atomic E-state index is 15.3. The van der Waals surface area contributed by atoms with E-state index in [0.29, 0.717) is 60.9 Å². The Morgan fingerprint density at radius 1 is 0.985 bits per heavy atom. The van der Waals surface area contributed by atoms with Gasteiger partial charge in [0.25, 0.3) is 0 Å². The first-order valence-electron chi connectivity index (χ1n) is 23.4. The Morgan fingerprint density at radius 2 is 1.72 bits per heavy atom. The lowest BCUT2D eigenvalue weighted by Gasteiger charge is -2.59. The third-order valence-electron chi connectivity index (χ3n) is 13.4. The fourth-order valence-corrected chi connectivity index (χ4v) is 12.0. The van der Waals surface area contributed by atoms with Gasteiger partial charge in [-0.1, -0.05) is 43.1 Å². The van der Waals surface area contributed by atoms with Gasteiger partial charge in [0.1, 0.15) is 17.2 Å². The van der Waals surface area contributed by atoms with Crippen molar-refractivity contribution in [2.75, 3.05) is 38.3 Å². The molecule has 1 saturated heterocycles. The van der Waals surface area contributed by atoms with Crippen LogP contribution in [0.3, 0.4) is 0 Å². The lowest BCUT2D eigenvalue weighted by atomic mass is 9.55. The predicted octanol–water partition coefficient (Wildman–Crippen LogP) is 9.32. The summed E-state index contributed by atoms with van der Waals surface area (Å²) >= 11 is 0. The largest absolute Gasteiger partial charge is 0.460 e. The van der Waals surface area contributed by atoms with Gasteiger partial charge in [-0.2, -0.15) is 4.31 Å². The zero-order valence-corrected chi connectivity index (χ0v) is 39.2. The molecule has 352 valence electrons. The average Bonchev–Trinajstić information content (AvgIpc) is 3.29. The number of aliphatic hydroxyl groups excluding tert-OH is 2. The van der Waals surface area contributed by atoms with Crippen LogP contribution in [0.25, 0.3) is 0 Å². The molecule has 13 nitrogen and oxygen atoms in total. The third kappa shape index (κ3) is 10.7. The van der Waals surface area contributed by atoms with Crippen LogP contribution in [0.5, 0.6) is 17.2 Å². The first-order valence-corrected chi connectivity index (χ1v) is 24.9. The van der Waals surface area contributed by atoms with Gasteiger partial charge in [0.05, 0.1) is 35.8 Å². The second-order valence-electron chi connectivity index (χ2n) is 17.8. The molecule has 14 heteroatoms. The van der Waals surface area contributed by atoms with E-state index in [-0.39, 0.29) is 61.3 Å². The maximum Gasteiger partial charge on any atom is 0.243 e. The van der Waals surface area contributed by atoms with Gasteiger partial charge in [0.15, 0.2) is 0 Å². The van der Waals surface area contributed by atoms with E-state index in [1.807, 2.05) is 37.3 Å². The van der Waals surface area contributed by atoms with Crippen molar-refractivity contribution in [3.05, 3.63) is 102 Å². The molecule has 3 N–H and O–H groups in total.